The van der Waals surface area contributed by atoms with Gasteiger partial charge in [0.15, 0.2) is 11.6 Å². The second-order valence-electron chi connectivity index (χ2n) is 12.7. The van der Waals surface area contributed by atoms with Crippen LogP contribution in [0.1, 0.15) is 62.4 Å². The van der Waals surface area contributed by atoms with Crippen LogP contribution in [0.4, 0.5) is 0 Å². The quantitative estimate of drug-likeness (QED) is 0.320. The van der Waals surface area contributed by atoms with Gasteiger partial charge < -0.3 is 0 Å². The van der Waals surface area contributed by atoms with Crippen LogP contribution in [0.3, 0.4) is 0 Å². The summed E-state index contributed by atoms with van der Waals surface area (Å²) in [6, 6.07) is 23.9. The van der Waals surface area contributed by atoms with Crippen molar-refractivity contribution in [1.29, 1.82) is 0 Å². The molecule has 0 bridgehead atoms. The first-order chi connectivity index (χ1) is 19.4. The van der Waals surface area contributed by atoms with Gasteiger partial charge in [-0.3, -0.25) is 9.59 Å². The average molecular weight is 557 g/mol. The maximum absolute atomic E-state index is 13.6. The second kappa shape index (κ2) is 11.1. The smallest absolute Gasteiger partial charge is 0.194 e. The standard InChI is InChI=1S/C38H36O2S/c1-37(2,3)33-23-26(24-34(36(33)40)38(4,5)6)20-30-18-17-29(41-30)19-25-21-31(27-13-9-7-10-14-27)35(39)32(22-25)28-15-11-8-12-16-28/h7-24H,1-6H3. The largest absolute Gasteiger partial charge is 0.289 e. The molecule has 0 saturated carbocycles. The van der Waals surface area contributed by atoms with E-state index in [1.165, 1.54) is 0 Å². The molecule has 0 fully saturated rings. The fraction of sp³-hybridized carbons (Fsp3) is 0.211. The van der Waals surface area contributed by atoms with Gasteiger partial charge in [-0.15, -0.1) is 11.3 Å². The first-order valence-corrected chi connectivity index (χ1v) is 14.8. The first-order valence-electron chi connectivity index (χ1n) is 14.0. The summed E-state index contributed by atoms with van der Waals surface area (Å²) in [5.74, 6) is 0.179. The van der Waals surface area contributed by atoms with Crippen molar-refractivity contribution >= 4 is 46.2 Å². The topological polar surface area (TPSA) is 34.1 Å². The van der Waals surface area contributed by atoms with Gasteiger partial charge in [0.2, 0.25) is 0 Å². The zero-order valence-electron chi connectivity index (χ0n) is 24.6. The molecule has 41 heavy (non-hydrogen) atoms. The van der Waals surface area contributed by atoms with Crippen molar-refractivity contribution in [2.24, 2.45) is 10.8 Å². The van der Waals surface area contributed by atoms with Gasteiger partial charge in [0, 0.05) is 32.0 Å². The average Bonchev–Trinajstić information content (AvgIpc) is 3.36. The van der Waals surface area contributed by atoms with Crippen molar-refractivity contribution in [1.82, 2.24) is 0 Å². The molecule has 0 amide bonds. The molecule has 1 heterocycles. The van der Waals surface area contributed by atoms with Crippen molar-refractivity contribution in [2.45, 2.75) is 41.5 Å². The fourth-order valence-electron chi connectivity index (χ4n) is 5.10. The van der Waals surface area contributed by atoms with Crippen molar-refractivity contribution in [3.8, 4) is 0 Å². The Bertz CT molecular complexity index is 1590. The fourth-order valence-corrected chi connectivity index (χ4v) is 6.03. The van der Waals surface area contributed by atoms with Crippen LogP contribution >= 0.6 is 11.3 Å². The number of allylic oxidation sites excluding steroid dienone is 10. The van der Waals surface area contributed by atoms with Crippen molar-refractivity contribution in [3.63, 3.8) is 0 Å². The summed E-state index contributed by atoms with van der Waals surface area (Å²) in [4.78, 5) is 29.1. The lowest BCUT2D eigenvalue weighted by atomic mass is 9.72. The van der Waals surface area contributed by atoms with Crippen LogP contribution in [-0.2, 0) is 9.59 Å². The lowest BCUT2D eigenvalue weighted by molar-refractivity contribution is -0.114. The van der Waals surface area contributed by atoms with Crippen molar-refractivity contribution in [2.75, 3.05) is 0 Å². The summed E-state index contributed by atoms with van der Waals surface area (Å²) < 4.78 is 0. The van der Waals surface area contributed by atoms with Crippen molar-refractivity contribution < 1.29 is 9.59 Å². The zero-order valence-corrected chi connectivity index (χ0v) is 25.4. The molecule has 1 aromatic heterocycles. The van der Waals surface area contributed by atoms with E-state index in [9.17, 15) is 9.59 Å². The third-order valence-electron chi connectivity index (χ3n) is 7.27. The molecule has 0 saturated heterocycles. The Morgan fingerprint density at radius 1 is 0.512 bits per heavy atom. The van der Waals surface area contributed by atoms with E-state index >= 15 is 0 Å². The molecule has 3 aromatic rings. The first kappa shape index (κ1) is 28.4. The molecule has 2 aliphatic rings. The Balaban J connectivity index is 1.54. The monoisotopic (exact) mass is 556 g/mol. The lowest BCUT2D eigenvalue weighted by Crippen LogP contribution is -2.27. The van der Waals surface area contributed by atoms with Crippen LogP contribution in [0.15, 0.2) is 119 Å². The molecular formula is C38H36O2S. The molecule has 0 spiro atoms. The molecule has 2 aliphatic carbocycles. The van der Waals surface area contributed by atoms with Crippen LogP contribution < -0.4 is 0 Å². The number of Topliss-reactive ketones (excluding diaryl/α,β-unsaturated/α-hetero) is 2. The van der Waals surface area contributed by atoms with Crippen LogP contribution in [0.25, 0.3) is 23.3 Å². The molecule has 0 atom stereocenters. The number of hydrogen-bond acceptors (Lipinski definition) is 3. The van der Waals surface area contributed by atoms with Gasteiger partial charge in [-0.2, -0.15) is 0 Å². The minimum absolute atomic E-state index is 0.0332. The number of carbonyl (C=O) groups is 2. The van der Waals surface area contributed by atoms with E-state index in [1.807, 2.05) is 85.0 Å². The highest BCUT2D eigenvalue weighted by Crippen LogP contribution is 2.40. The third kappa shape index (κ3) is 6.31. The van der Waals surface area contributed by atoms with Gasteiger partial charge in [-0.25, -0.2) is 0 Å². The summed E-state index contributed by atoms with van der Waals surface area (Å²) in [6.45, 7) is 12.6. The third-order valence-corrected chi connectivity index (χ3v) is 8.25. The molecule has 2 aromatic carbocycles. The summed E-state index contributed by atoms with van der Waals surface area (Å²) in [5, 5.41) is 0. The highest BCUT2D eigenvalue weighted by molar-refractivity contribution is 7.13. The Hall–Kier alpha value is -4.08. The number of rotatable bonds is 4. The number of benzene rings is 2. The highest BCUT2D eigenvalue weighted by atomic mass is 32.1. The Labute approximate surface area is 247 Å². The molecule has 0 unspecified atom stereocenters. The van der Waals surface area contributed by atoms with Crippen LogP contribution in [-0.4, -0.2) is 11.6 Å². The Morgan fingerprint density at radius 3 is 1.29 bits per heavy atom. The van der Waals surface area contributed by atoms with E-state index in [0.717, 1.165) is 43.2 Å². The summed E-state index contributed by atoms with van der Waals surface area (Å²) in [5.41, 5.74) is 6.46. The summed E-state index contributed by atoms with van der Waals surface area (Å²) in [6.07, 6.45) is 12.4. The van der Waals surface area contributed by atoms with E-state index in [-0.39, 0.29) is 22.4 Å². The molecule has 0 radical (unpaired) electrons. The SMILES string of the molecule is CC(C)(C)C1=CC(=Cc2ccc(C=C3C=C(c4ccccc4)C(=O)C(c4ccccc4)=C3)s2)C=C(C(C)(C)C)C1=O. The molecule has 2 nitrogen and oxygen atoms in total. The number of hydrogen-bond donors (Lipinski definition) is 0. The van der Waals surface area contributed by atoms with E-state index in [0.29, 0.717) is 11.1 Å². The van der Waals surface area contributed by atoms with Gasteiger partial charge >= 0.3 is 0 Å². The minimum Gasteiger partial charge on any atom is -0.289 e. The molecule has 5 rings (SSSR count). The Morgan fingerprint density at radius 2 is 0.902 bits per heavy atom. The molecule has 206 valence electrons. The summed E-state index contributed by atoms with van der Waals surface area (Å²) >= 11 is 1.69. The van der Waals surface area contributed by atoms with Crippen LogP contribution in [0, 0.1) is 10.8 Å². The number of thiophene rings is 1. The van der Waals surface area contributed by atoms with E-state index < -0.39 is 0 Å². The van der Waals surface area contributed by atoms with E-state index in [2.05, 4.69) is 65.8 Å². The molecule has 0 N–H and O–H groups in total. The van der Waals surface area contributed by atoms with Gasteiger partial charge in [0.05, 0.1) is 0 Å². The number of ketones is 2. The Kier molecular flexibility index (Phi) is 7.68. The molecular weight excluding hydrogens is 520 g/mol. The number of carbonyl (C=O) groups excluding carboxylic acids is 2. The maximum Gasteiger partial charge on any atom is 0.194 e. The van der Waals surface area contributed by atoms with Crippen LogP contribution in [0.2, 0.25) is 0 Å². The predicted molar refractivity (Wildman–Crippen MR) is 174 cm³/mol. The lowest BCUT2D eigenvalue weighted by Gasteiger charge is -2.31. The predicted octanol–water partition coefficient (Wildman–Crippen LogP) is 9.79. The maximum atomic E-state index is 13.6. The molecule has 0 aliphatic heterocycles. The van der Waals surface area contributed by atoms with Gasteiger partial charge in [0.25, 0.3) is 0 Å². The zero-order chi connectivity index (χ0) is 29.4. The van der Waals surface area contributed by atoms with Gasteiger partial charge in [-0.1, -0.05) is 102 Å². The highest BCUT2D eigenvalue weighted by Gasteiger charge is 2.34. The summed E-state index contributed by atoms with van der Waals surface area (Å²) in [7, 11) is 0. The van der Waals surface area contributed by atoms with Crippen molar-refractivity contribution in [3.05, 3.63) is 140 Å². The van der Waals surface area contributed by atoms with E-state index in [1.54, 1.807) is 11.3 Å². The second-order valence-corrected chi connectivity index (χ2v) is 13.8. The van der Waals surface area contributed by atoms with Crippen LogP contribution in [0.5, 0.6) is 0 Å². The van der Waals surface area contributed by atoms with E-state index in [4.69, 9.17) is 0 Å². The normalized spacial score (nSPS) is 16.1. The van der Waals surface area contributed by atoms with Gasteiger partial charge in [-0.05, 0) is 81.7 Å². The van der Waals surface area contributed by atoms with Gasteiger partial charge in [0.1, 0.15) is 0 Å². The minimum atomic E-state index is -0.240. The molecule has 3 heteroatoms.